The highest BCUT2D eigenvalue weighted by Crippen LogP contribution is 2.48. The van der Waals surface area contributed by atoms with Gasteiger partial charge in [0.05, 0.1) is 18.6 Å². The summed E-state index contributed by atoms with van der Waals surface area (Å²) in [6, 6.07) is 9.91. The molecule has 4 atom stereocenters. The molecule has 0 bridgehead atoms. The number of ketones is 2. The lowest BCUT2D eigenvalue weighted by Crippen LogP contribution is -2.48. The van der Waals surface area contributed by atoms with Gasteiger partial charge in [0, 0.05) is 25.2 Å². The van der Waals surface area contributed by atoms with Crippen LogP contribution in [0, 0.1) is 17.3 Å². The van der Waals surface area contributed by atoms with Crippen LogP contribution in [0.3, 0.4) is 0 Å². The number of hydrogen-bond acceptors (Lipinski definition) is 5. The van der Waals surface area contributed by atoms with Gasteiger partial charge in [-0.05, 0) is 43.7 Å². The highest BCUT2D eigenvalue weighted by atomic mass is 16.6. The Bertz CT molecular complexity index is 987. The van der Waals surface area contributed by atoms with Crippen molar-refractivity contribution in [1.29, 1.82) is 0 Å². The first-order valence-electron chi connectivity index (χ1n) is 12.2. The van der Waals surface area contributed by atoms with Gasteiger partial charge in [-0.25, -0.2) is 0 Å². The van der Waals surface area contributed by atoms with Gasteiger partial charge in [-0.1, -0.05) is 68.8 Å². The molecule has 1 saturated carbocycles. The van der Waals surface area contributed by atoms with Crippen LogP contribution in [0.15, 0.2) is 53.6 Å². The number of carbonyl (C=O) groups excluding carboxylic acids is 3. The lowest BCUT2D eigenvalue weighted by molar-refractivity contribution is -0.168. The zero-order chi connectivity index (χ0) is 25.1. The molecule has 0 saturated heterocycles. The maximum absolute atomic E-state index is 13.9. The van der Waals surface area contributed by atoms with E-state index in [1.54, 1.807) is 6.92 Å². The van der Waals surface area contributed by atoms with Gasteiger partial charge in [-0.3, -0.25) is 14.4 Å². The van der Waals surface area contributed by atoms with E-state index in [0.717, 1.165) is 11.1 Å². The smallest absolute Gasteiger partial charge is 0.303 e. The number of allylic oxidation sites excluding steroid dienone is 2. The van der Waals surface area contributed by atoms with Crippen LogP contribution in [0.2, 0.25) is 0 Å². The molecule has 0 amide bonds. The molecule has 0 unspecified atom stereocenters. The van der Waals surface area contributed by atoms with Crippen molar-refractivity contribution in [3.8, 4) is 0 Å². The number of carbonyl (C=O) groups is 3. The van der Waals surface area contributed by atoms with Crippen LogP contribution in [0.4, 0.5) is 0 Å². The van der Waals surface area contributed by atoms with Gasteiger partial charge in [0.15, 0.2) is 5.60 Å². The molecule has 0 aliphatic heterocycles. The second-order valence-corrected chi connectivity index (χ2v) is 10.7. The topological polar surface area (TPSA) is 69.7 Å². The predicted molar refractivity (Wildman–Crippen MR) is 132 cm³/mol. The third-order valence-corrected chi connectivity index (χ3v) is 7.32. The first kappa shape index (κ1) is 26.1. The number of Topliss-reactive ketones (excluding diaryl/α,β-unsaturated/α-hetero) is 2. The predicted octanol–water partition coefficient (Wildman–Crippen LogP) is 5.77. The summed E-state index contributed by atoms with van der Waals surface area (Å²) in [6.45, 7) is 11.4. The number of fused-ring (bicyclic) bond motifs is 1. The summed E-state index contributed by atoms with van der Waals surface area (Å²) < 4.78 is 12.4. The van der Waals surface area contributed by atoms with Gasteiger partial charge in [0.1, 0.15) is 5.78 Å². The third kappa shape index (κ3) is 5.57. The van der Waals surface area contributed by atoms with E-state index in [-0.39, 0.29) is 23.6 Å². The first-order valence-corrected chi connectivity index (χ1v) is 12.2. The van der Waals surface area contributed by atoms with E-state index in [1.165, 1.54) is 6.92 Å². The second-order valence-electron chi connectivity index (χ2n) is 10.7. The van der Waals surface area contributed by atoms with Crippen molar-refractivity contribution in [2.75, 3.05) is 0 Å². The minimum absolute atomic E-state index is 0.00272. The molecule has 5 heteroatoms. The number of benzene rings is 1. The van der Waals surface area contributed by atoms with Gasteiger partial charge in [0.2, 0.25) is 5.78 Å². The zero-order valence-corrected chi connectivity index (χ0v) is 21.4. The molecule has 2 aliphatic rings. The summed E-state index contributed by atoms with van der Waals surface area (Å²) in [7, 11) is 0. The molecule has 0 N–H and O–H groups in total. The molecular formula is C29H38O5. The van der Waals surface area contributed by atoms with Gasteiger partial charge in [-0.15, -0.1) is 0 Å². The third-order valence-electron chi connectivity index (χ3n) is 7.32. The van der Waals surface area contributed by atoms with E-state index in [2.05, 4.69) is 0 Å². The number of hydrogen-bond donors (Lipinski definition) is 0. The summed E-state index contributed by atoms with van der Waals surface area (Å²) in [5, 5.41) is 0. The van der Waals surface area contributed by atoms with E-state index < -0.39 is 22.9 Å². The highest BCUT2D eigenvalue weighted by molar-refractivity contribution is 6.03. The van der Waals surface area contributed by atoms with Gasteiger partial charge in [0.25, 0.3) is 0 Å². The van der Waals surface area contributed by atoms with Gasteiger partial charge >= 0.3 is 5.97 Å². The normalized spacial score (nSPS) is 32.9. The molecule has 1 aromatic rings. The molecule has 34 heavy (non-hydrogen) atoms. The van der Waals surface area contributed by atoms with Gasteiger partial charge in [-0.2, -0.15) is 0 Å². The first-order chi connectivity index (χ1) is 16.0. The average Bonchev–Trinajstić information content (AvgIpc) is 3.04. The lowest BCUT2D eigenvalue weighted by Gasteiger charge is -2.35. The van der Waals surface area contributed by atoms with Crippen molar-refractivity contribution < 1.29 is 23.9 Å². The average molecular weight is 467 g/mol. The Balaban J connectivity index is 2.07. The molecule has 2 aliphatic carbocycles. The van der Waals surface area contributed by atoms with Crippen molar-refractivity contribution >= 4 is 17.5 Å². The number of ether oxygens (including phenoxy) is 2. The Morgan fingerprint density at radius 1 is 1.09 bits per heavy atom. The van der Waals surface area contributed by atoms with Crippen LogP contribution < -0.4 is 0 Å². The molecule has 5 nitrogen and oxygen atoms in total. The van der Waals surface area contributed by atoms with Gasteiger partial charge < -0.3 is 9.47 Å². The molecular weight excluding hydrogens is 428 g/mol. The van der Waals surface area contributed by atoms with E-state index in [4.69, 9.17) is 9.47 Å². The van der Waals surface area contributed by atoms with E-state index in [0.29, 0.717) is 37.9 Å². The summed E-state index contributed by atoms with van der Waals surface area (Å²) in [6.07, 6.45) is 5.46. The fourth-order valence-electron chi connectivity index (χ4n) is 5.26. The summed E-state index contributed by atoms with van der Waals surface area (Å²) >= 11 is 0. The second kappa shape index (κ2) is 10.4. The standard InChI is InChI=1S/C29H38O5/c1-19-12-13-25(31)28(5,6)15-14-20(2)27(32)29(34-22(4)30)17-21(3)26(24(29)16-19)33-18-23-10-8-7-9-11-23/h7-11,14,16,21,24,26H,12-13,15,17-18H2,1-6H3/b19-16+,20-14+/t21-,24+,26+,29-/m1/s1. The van der Waals surface area contributed by atoms with Crippen LogP contribution in [-0.2, 0) is 30.5 Å². The zero-order valence-electron chi connectivity index (χ0n) is 21.4. The van der Waals surface area contributed by atoms with Crippen molar-refractivity contribution in [3.05, 3.63) is 59.2 Å². The maximum Gasteiger partial charge on any atom is 0.303 e. The van der Waals surface area contributed by atoms with Crippen LogP contribution in [0.25, 0.3) is 0 Å². The fraction of sp³-hybridized carbons (Fsp3) is 0.552. The Morgan fingerprint density at radius 2 is 1.76 bits per heavy atom. The van der Waals surface area contributed by atoms with E-state index in [1.807, 2.05) is 70.2 Å². The summed E-state index contributed by atoms with van der Waals surface area (Å²) in [5.41, 5.74) is 0.697. The molecule has 184 valence electrons. The van der Waals surface area contributed by atoms with Crippen molar-refractivity contribution in [3.63, 3.8) is 0 Å². The van der Waals surface area contributed by atoms with Crippen LogP contribution in [-0.4, -0.2) is 29.2 Å². The van der Waals surface area contributed by atoms with Crippen LogP contribution in [0.5, 0.6) is 0 Å². The monoisotopic (exact) mass is 466 g/mol. The fourth-order valence-corrected chi connectivity index (χ4v) is 5.26. The Hall–Kier alpha value is -2.53. The molecule has 0 aromatic heterocycles. The summed E-state index contributed by atoms with van der Waals surface area (Å²) in [5.74, 6) is -0.931. The molecule has 3 rings (SSSR count). The Kier molecular flexibility index (Phi) is 7.97. The minimum Gasteiger partial charge on any atom is -0.450 e. The molecule has 1 aromatic carbocycles. The van der Waals surface area contributed by atoms with Crippen LogP contribution >= 0.6 is 0 Å². The Labute approximate surface area is 203 Å². The molecule has 0 radical (unpaired) electrons. The van der Waals surface area contributed by atoms with E-state index >= 15 is 0 Å². The Morgan fingerprint density at radius 3 is 2.41 bits per heavy atom. The molecule has 1 fully saturated rings. The van der Waals surface area contributed by atoms with Crippen LogP contribution in [0.1, 0.15) is 72.8 Å². The minimum atomic E-state index is -1.32. The highest BCUT2D eigenvalue weighted by Gasteiger charge is 2.59. The number of esters is 1. The van der Waals surface area contributed by atoms with E-state index in [9.17, 15) is 14.4 Å². The number of rotatable bonds is 4. The maximum atomic E-state index is 13.9. The SMILES string of the molecule is CC(=O)O[C@]12C[C@@H](C)[C@H](OCc3ccccc3)[C@@H]1/C=C(\C)CCC(=O)C(C)(C)C/C=C(\C)C2=O. The van der Waals surface area contributed by atoms with Crippen molar-refractivity contribution in [2.24, 2.45) is 17.3 Å². The quantitative estimate of drug-likeness (QED) is 0.416. The summed E-state index contributed by atoms with van der Waals surface area (Å²) in [4.78, 5) is 39.1. The van der Waals surface area contributed by atoms with Crippen molar-refractivity contribution in [1.82, 2.24) is 0 Å². The lowest BCUT2D eigenvalue weighted by atomic mass is 9.77. The largest absolute Gasteiger partial charge is 0.450 e. The molecule has 0 spiro atoms. The molecule has 0 heterocycles. The van der Waals surface area contributed by atoms with Crippen molar-refractivity contribution in [2.45, 2.75) is 85.5 Å².